The zero-order valence-electron chi connectivity index (χ0n) is 17.7. The van der Waals surface area contributed by atoms with Crippen LogP contribution in [0.4, 0.5) is 0 Å². The number of hydrogen-bond acceptors (Lipinski definition) is 11. The number of carbonyl (C=O) groups is 2. The van der Waals surface area contributed by atoms with E-state index in [0.717, 1.165) is 30.5 Å². The summed E-state index contributed by atoms with van der Waals surface area (Å²) in [5.41, 5.74) is 3.29. The number of nitrogens with two attached hydrogens (primary N) is 1. The molecule has 0 amide bonds. The highest BCUT2D eigenvalue weighted by Crippen LogP contribution is 2.17. The van der Waals surface area contributed by atoms with Gasteiger partial charge in [0, 0.05) is 19.5 Å². The number of sulfonamides is 1. The number of benzene rings is 1. The number of aromatic nitrogens is 2. The van der Waals surface area contributed by atoms with Crippen LogP contribution in [0.25, 0.3) is 0 Å². The van der Waals surface area contributed by atoms with Gasteiger partial charge >= 0.3 is 5.97 Å². The lowest BCUT2D eigenvalue weighted by atomic mass is 10.0. The maximum Gasteiger partial charge on any atom is 0.340 e. The van der Waals surface area contributed by atoms with E-state index in [1.807, 2.05) is 4.72 Å². The summed E-state index contributed by atoms with van der Waals surface area (Å²) >= 11 is 1.24. The third kappa shape index (κ3) is 7.02. The first-order valence-corrected chi connectivity index (χ1v) is 12.4. The van der Waals surface area contributed by atoms with Crippen LogP contribution in [-0.2, 0) is 32.5 Å². The van der Waals surface area contributed by atoms with Crippen LogP contribution in [0.15, 0.2) is 40.2 Å². The highest BCUT2D eigenvalue weighted by molar-refractivity contribution is 7.89. The van der Waals surface area contributed by atoms with Gasteiger partial charge in [0.05, 0.1) is 24.3 Å². The van der Waals surface area contributed by atoms with E-state index >= 15 is 0 Å². The Labute approximate surface area is 194 Å². The molecule has 33 heavy (non-hydrogen) atoms. The number of carboxylic acids is 1. The molecule has 3 rings (SSSR count). The number of carboxylic acid groups (broad SMARTS) is 1. The standard InChI is InChI=1S/C19H25N7O5S2/c20-19(17(28)29,26-33(30,31)14-5-2-1-3-6-14)12-13(27)11-16-25-24-15(32-16)7-4-8-21-18-22-9-10-23-18/h1-3,5-6,26H,4,7-12,20H2,(H,28,29)(H2,21,22,23)/t19-/m0/s1. The highest BCUT2D eigenvalue weighted by Gasteiger charge is 2.40. The van der Waals surface area contributed by atoms with Crippen molar-refractivity contribution in [3.05, 3.63) is 40.3 Å². The van der Waals surface area contributed by atoms with Crippen molar-refractivity contribution in [3.63, 3.8) is 0 Å². The fraction of sp³-hybridized carbons (Fsp3) is 0.421. The lowest BCUT2D eigenvalue weighted by Crippen LogP contribution is -2.62. The Morgan fingerprint density at radius 1 is 1.21 bits per heavy atom. The van der Waals surface area contributed by atoms with Gasteiger partial charge in [-0.15, -0.1) is 21.5 Å². The van der Waals surface area contributed by atoms with Crippen LogP contribution in [0.2, 0.25) is 0 Å². The minimum absolute atomic E-state index is 0.160. The molecular weight excluding hydrogens is 470 g/mol. The molecule has 0 unspecified atom stereocenters. The van der Waals surface area contributed by atoms with E-state index in [1.165, 1.54) is 35.6 Å². The van der Waals surface area contributed by atoms with Crippen molar-refractivity contribution >= 4 is 39.1 Å². The lowest BCUT2D eigenvalue weighted by Gasteiger charge is -2.25. The van der Waals surface area contributed by atoms with Crippen LogP contribution < -0.4 is 21.1 Å². The zero-order chi connectivity index (χ0) is 23.9. The molecule has 1 aromatic carbocycles. The first kappa shape index (κ1) is 24.7. The van der Waals surface area contributed by atoms with Gasteiger partial charge in [-0.25, -0.2) is 13.2 Å². The number of Topliss-reactive ketones (excluding diaryl/α,β-unsaturated/α-hetero) is 1. The minimum atomic E-state index is -4.25. The van der Waals surface area contributed by atoms with Crippen molar-refractivity contribution in [1.29, 1.82) is 0 Å². The second kappa shape index (κ2) is 10.8. The van der Waals surface area contributed by atoms with E-state index in [1.54, 1.807) is 6.07 Å². The van der Waals surface area contributed by atoms with Crippen molar-refractivity contribution in [1.82, 2.24) is 25.6 Å². The average Bonchev–Trinajstić information content (AvgIpc) is 3.43. The van der Waals surface area contributed by atoms with Crippen LogP contribution in [-0.4, -0.2) is 66.7 Å². The number of hydrogen-bond donors (Lipinski definition) is 5. The van der Waals surface area contributed by atoms with Gasteiger partial charge in [-0.2, -0.15) is 4.72 Å². The van der Waals surface area contributed by atoms with Crippen molar-refractivity contribution in [2.45, 2.75) is 36.2 Å². The van der Waals surface area contributed by atoms with E-state index < -0.39 is 33.9 Å². The molecule has 0 bridgehead atoms. The fourth-order valence-electron chi connectivity index (χ4n) is 3.02. The smallest absolute Gasteiger partial charge is 0.340 e. The van der Waals surface area contributed by atoms with Crippen molar-refractivity contribution in [2.24, 2.45) is 10.7 Å². The number of rotatable bonds is 12. The second-order valence-electron chi connectivity index (χ2n) is 7.36. The van der Waals surface area contributed by atoms with E-state index in [9.17, 15) is 23.1 Å². The number of ketones is 1. The fourth-order valence-corrected chi connectivity index (χ4v) is 5.21. The Morgan fingerprint density at radius 2 is 1.94 bits per heavy atom. The molecule has 178 valence electrons. The number of nitrogens with zero attached hydrogens (tertiary/aromatic N) is 3. The Balaban J connectivity index is 1.54. The second-order valence-corrected chi connectivity index (χ2v) is 10.2. The summed E-state index contributed by atoms with van der Waals surface area (Å²) in [5, 5.41) is 25.0. The molecular formula is C19H25N7O5S2. The van der Waals surface area contributed by atoms with E-state index in [4.69, 9.17) is 5.73 Å². The van der Waals surface area contributed by atoms with E-state index in [-0.39, 0.29) is 11.3 Å². The normalized spacial score (nSPS) is 15.4. The number of carbonyl (C=O) groups excluding carboxylic acids is 1. The topological polar surface area (TPSA) is 189 Å². The van der Waals surface area contributed by atoms with E-state index in [0.29, 0.717) is 18.0 Å². The van der Waals surface area contributed by atoms with Crippen LogP contribution >= 0.6 is 11.3 Å². The van der Waals surface area contributed by atoms with Gasteiger partial charge in [0.1, 0.15) is 15.8 Å². The Morgan fingerprint density at radius 3 is 2.61 bits per heavy atom. The predicted octanol–water partition coefficient (Wildman–Crippen LogP) is -0.761. The SMILES string of the molecule is N[C@@](CC(=O)Cc1nnc(CCCNC2=NCCN2)s1)(NS(=O)(=O)c1ccccc1)C(=O)O. The Hall–Kier alpha value is -2.94. The molecule has 2 aromatic rings. The minimum Gasteiger partial charge on any atom is -0.479 e. The number of aryl methyl sites for hydroxylation is 1. The molecule has 1 aromatic heterocycles. The molecule has 6 N–H and O–H groups in total. The van der Waals surface area contributed by atoms with Gasteiger partial charge in [-0.05, 0) is 18.6 Å². The third-order valence-electron chi connectivity index (χ3n) is 4.62. The van der Waals surface area contributed by atoms with Gasteiger partial charge in [0.2, 0.25) is 10.0 Å². The maximum atomic E-state index is 12.5. The largest absolute Gasteiger partial charge is 0.479 e. The van der Waals surface area contributed by atoms with Crippen molar-refractivity contribution < 1.29 is 23.1 Å². The molecule has 0 aliphatic carbocycles. The molecule has 0 fully saturated rings. The molecule has 1 aliphatic heterocycles. The predicted molar refractivity (Wildman–Crippen MR) is 121 cm³/mol. The van der Waals surface area contributed by atoms with Crippen LogP contribution in [0.5, 0.6) is 0 Å². The summed E-state index contributed by atoms with van der Waals surface area (Å²) in [6, 6.07) is 7.18. The zero-order valence-corrected chi connectivity index (χ0v) is 19.3. The summed E-state index contributed by atoms with van der Waals surface area (Å²) in [6.07, 6.45) is 0.493. The Bertz CT molecular complexity index is 1120. The Kier molecular flexibility index (Phi) is 8.07. The summed E-state index contributed by atoms with van der Waals surface area (Å²) in [6.45, 7) is 2.29. The molecule has 2 heterocycles. The molecule has 0 saturated carbocycles. The summed E-state index contributed by atoms with van der Waals surface area (Å²) in [5.74, 6) is -1.46. The number of guanidine groups is 1. The number of aliphatic imine (C=N–C) groups is 1. The summed E-state index contributed by atoms with van der Waals surface area (Å²) in [7, 11) is -4.25. The molecule has 0 spiro atoms. The third-order valence-corrected chi connectivity index (χ3v) is 7.13. The van der Waals surface area contributed by atoms with E-state index in [2.05, 4.69) is 25.8 Å². The van der Waals surface area contributed by atoms with Crippen molar-refractivity contribution in [3.8, 4) is 0 Å². The number of aliphatic carboxylic acids is 1. The average molecular weight is 496 g/mol. The van der Waals surface area contributed by atoms with Gasteiger partial charge in [-0.1, -0.05) is 18.2 Å². The number of nitrogens with one attached hydrogen (secondary N) is 3. The maximum absolute atomic E-state index is 12.5. The van der Waals surface area contributed by atoms with Crippen LogP contribution in [0.3, 0.4) is 0 Å². The quantitative estimate of drug-likeness (QED) is 0.185. The molecule has 1 atom stereocenters. The van der Waals surface area contributed by atoms with Gasteiger partial charge < -0.3 is 21.5 Å². The molecule has 0 radical (unpaired) electrons. The summed E-state index contributed by atoms with van der Waals surface area (Å²) < 4.78 is 26.9. The molecule has 1 aliphatic rings. The monoisotopic (exact) mass is 495 g/mol. The molecule has 12 nitrogen and oxygen atoms in total. The van der Waals surface area contributed by atoms with Crippen LogP contribution in [0.1, 0.15) is 22.9 Å². The van der Waals surface area contributed by atoms with Gasteiger partial charge in [-0.3, -0.25) is 9.79 Å². The van der Waals surface area contributed by atoms with Crippen LogP contribution in [0, 0.1) is 0 Å². The highest BCUT2D eigenvalue weighted by atomic mass is 32.2. The first-order chi connectivity index (χ1) is 15.7. The van der Waals surface area contributed by atoms with Gasteiger partial charge in [0.15, 0.2) is 11.6 Å². The van der Waals surface area contributed by atoms with Gasteiger partial charge in [0.25, 0.3) is 0 Å². The lowest BCUT2D eigenvalue weighted by molar-refractivity contribution is -0.146. The van der Waals surface area contributed by atoms with Crippen molar-refractivity contribution in [2.75, 3.05) is 19.6 Å². The molecule has 0 saturated heterocycles. The summed E-state index contributed by atoms with van der Waals surface area (Å²) in [4.78, 5) is 28.3. The first-order valence-electron chi connectivity index (χ1n) is 10.1. The molecule has 14 heteroatoms.